The zero-order valence-corrected chi connectivity index (χ0v) is 11.4. The van der Waals surface area contributed by atoms with Crippen LogP contribution in [0.15, 0.2) is 0 Å². The van der Waals surface area contributed by atoms with E-state index in [-0.39, 0.29) is 11.9 Å². The molecule has 0 saturated carbocycles. The Morgan fingerprint density at radius 3 is 2.63 bits per heavy atom. The highest BCUT2D eigenvalue weighted by Crippen LogP contribution is 2.14. The number of hydrogen-bond acceptors (Lipinski definition) is 7. The molecule has 2 heterocycles. The lowest BCUT2D eigenvalue weighted by Crippen LogP contribution is -2.44. The first kappa shape index (κ1) is 13.3. The SMILES string of the molecule is CNc1nc(NC2CCCNC2=O)nc(N(C)C)n1. The number of piperidine rings is 1. The molecule has 1 aromatic rings. The highest BCUT2D eigenvalue weighted by atomic mass is 16.2. The number of amides is 1. The van der Waals surface area contributed by atoms with Crippen molar-refractivity contribution < 1.29 is 4.79 Å². The molecule has 0 bridgehead atoms. The van der Waals surface area contributed by atoms with Crippen molar-refractivity contribution in [2.75, 3.05) is 43.2 Å². The molecule has 3 N–H and O–H groups in total. The highest BCUT2D eigenvalue weighted by Gasteiger charge is 2.23. The number of nitrogens with zero attached hydrogens (tertiary/aromatic N) is 4. The Morgan fingerprint density at radius 2 is 2.00 bits per heavy atom. The van der Waals surface area contributed by atoms with E-state index in [1.165, 1.54) is 0 Å². The molecule has 1 saturated heterocycles. The number of hydrogen-bond donors (Lipinski definition) is 3. The number of anilines is 3. The molecule has 19 heavy (non-hydrogen) atoms. The van der Waals surface area contributed by atoms with Crippen LogP contribution in [0.3, 0.4) is 0 Å². The Hall–Kier alpha value is -2.12. The third-order valence-electron chi connectivity index (χ3n) is 2.84. The van der Waals surface area contributed by atoms with Crippen molar-refractivity contribution in [3.63, 3.8) is 0 Å². The maximum atomic E-state index is 11.7. The summed E-state index contributed by atoms with van der Waals surface area (Å²) in [6.45, 7) is 0.735. The summed E-state index contributed by atoms with van der Waals surface area (Å²) in [6, 6.07) is -0.282. The predicted molar refractivity (Wildman–Crippen MR) is 73.4 cm³/mol. The van der Waals surface area contributed by atoms with Crippen molar-refractivity contribution in [1.29, 1.82) is 0 Å². The normalized spacial score (nSPS) is 18.7. The van der Waals surface area contributed by atoms with Crippen LogP contribution in [0.1, 0.15) is 12.8 Å². The van der Waals surface area contributed by atoms with Gasteiger partial charge in [-0.1, -0.05) is 0 Å². The summed E-state index contributed by atoms with van der Waals surface area (Å²) in [6.07, 6.45) is 1.73. The van der Waals surface area contributed by atoms with Gasteiger partial charge in [0.15, 0.2) is 0 Å². The second-order valence-electron chi connectivity index (χ2n) is 4.56. The summed E-state index contributed by atoms with van der Waals surface area (Å²) in [5, 5.41) is 8.76. The minimum atomic E-state index is -0.282. The van der Waals surface area contributed by atoms with Crippen molar-refractivity contribution in [1.82, 2.24) is 20.3 Å². The van der Waals surface area contributed by atoms with E-state index in [9.17, 15) is 4.79 Å². The van der Waals surface area contributed by atoms with E-state index in [0.717, 1.165) is 19.4 Å². The van der Waals surface area contributed by atoms with Gasteiger partial charge < -0.3 is 20.9 Å². The van der Waals surface area contributed by atoms with Crippen LogP contribution in [-0.4, -0.2) is 54.6 Å². The molecule has 1 aliphatic rings. The van der Waals surface area contributed by atoms with Crippen LogP contribution in [0, 0.1) is 0 Å². The average Bonchev–Trinajstić information content (AvgIpc) is 2.41. The standard InChI is InChI=1S/C11H19N7O/c1-12-9-15-10(17-11(16-9)18(2)3)14-7-5-4-6-13-8(7)19/h7H,4-6H2,1-3H3,(H,13,19)(H2,12,14,15,16,17). The molecule has 1 aromatic heterocycles. The Labute approximate surface area is 112 Å². The fraction of sp³-hybridized carbons (Fsp3) is 0.636. The number of nitrogens with one attached hydrogen (secondary N) is 3. The molecule has 1 amide bonds. The maximum Gasteiger partial charge on any atom is 0.242 e. The van der Waals surface area contributed by atoms with Crippen molar-refractivity contribution in [2.24, 2.45) is 0 Å². The first-order valence-corrected chi connectivity index (χ1v) is 6.25. The summed E-state index contributed by atoms with van der Waals surface area (Å²) in [4.78, 5) is 26.2. The van der Waals surface area contributed by atoms with Gasteiger partial charge in [-0.15, -0.1) is 0 Å². The lowest BCUT2D eigenvalue weighted by molar-refractivity contribution is -0.123. The summed E-state index contributed by atoms with van der Waals surface area (Å²) in [5.41, 5.74) is 0. The number of aromatic nitrogens is 3. The van der Waals surface area contributed by atoms with Crippen LogP contribution in [0.25, 0.3) is 0 Å². The first-order valence-electron chi connectivity index (χ1n) is 6.25. The van der Waals surface area contributed by atoms with E-state index in [2.05, 4.69) is 30.9 Å². The fourth-order valence-corrected chi connectivity index (χ4v) is 1.81. The molecule has 2 rings (SSSR count). The van der Waals surface area contributed by atoms with Crippen LogP contribution in [0.5, 0.6) is 0 Å². The van der Waals surface area contributed by atoms with E-state index in [4.69, 9.17) is 0 Å². The first-order chi connectivity index (χ1) is 9.10. The topological polar surface area (TPSA) is 95.1 Å². The van der Waals surface area contributed by atoms with E-state index >= 15 is 0 Å². The number of rotatable bonds is 4. The van der Waals surface area contributed by atoms with Crippen molar-refractivity contribution >= 4 is 23.8 Å². The molecule has 0 spiro atoms. The van der Waals surface area contributed by atoms with E-state index in [1.807, 2.05) is 14.1 Å². The lowest BCUT2D eigenvalue weighted by Gasteiger charge is -2.23. The third-order valence-corrected chi connectivity index (χ3v) is 2.84. The molecular weight excluding hydrogens is 246 g/mol. The van der Waals surface area contributed by atoms with Crippen molar-refractivity contribution in [3.05, 3.63) is 0 Å². The second kappa shape index (κ2) is 5.68. The molecule has 104 valence electrons. The van der Waals surface area contributed by atoms with E-state index < -0.39 is 0 Å². The van der Waals surface area contributed by atoms with Gasteiger partial charge in [0.1, 0.15) is 6.04 Å². The van der Waals surface area contributed by atoms with Crippen LogP contribution in [0.4, 0.5) is 17.8 Å². The molecule has 0 radical (unpaired) electrons. The smallest absolute Gasteiger partial charge is 0.242 e. The van der Waals surface area contributed by atoms with Gasteiger partial charge in [-0.3, -0.25) is 4.79 Å². The average molecular weight is 265 g/mol. The Morgan fingerprint density at radius 1 is 1.26 bits per heavy atom. The van der Waals surface area contributed by atoms with Gasteiger partial charge in [-0.25, -0.2) is 0 Å². The molecule has 0 aromatic carbocycles. The molecule has 1 aliphatic heterocycles. The molecule has 0 aliphatic carbocycles. The molecule has 8 heteroatoms. The van der Waals surface area contributed by atoms with Crippen LogP contribution in [0.2, 0.25) is 0 Å². The number of carbonyl (C=O) groups is 1. The molecule has 1 atom stereocenters. The number of carbonyl (C=O) groups excluding carboxylic acids is 1. The summed E-state index contributed by atoms with van der Waals surface area (Å²) >= 11 is 0. The quantitative estimate of drug-likeness (QED) is 0.686. The monoisotopic (exact) mass is 265 g/mol. The molecule has 1 unspecified atom stereocenters. The largest absolute Gasteiger partial charge is 0.357 e. The van der Waals surface area contributed by atoms with Crippen LogP contribution >= 0.6 is 0 Å². The van der Waals surface area contributed by atoms with E-state index in [1.54, 1.807) is 11.9 Å². The van der Waals surface area contributed by atoms with Gasteiger partial charge in [0.25, 0.3) is 0 Å². The van der Waals surface area contributed by atoms with Gasteiger partial charge in [-0.2, -0.15) is 15.0 Å². The predicted octanol–water partition coefficient (Wildman–Crippen LogP) is -0.330. The molecule has 8 nitrogen and oxygen atoms in total. The minimum Gasteiger partial charge on any atom is -0.357 e. The fourth-order valence-electron chi connectivity index (χ4n) is 1.81. The molecule has 1 fully saturated rings. The van der Waals surface area contributed by atoms with Crippen LogP contribution < -0.4 is 20.9 Å². The maximum absolute atomic E-state index is 11.7. The highest BCUT2D eigenvalue weighted by molar-refractivity contribution is 5.84. The summed E-state index contributed by atoms with van der Waals surface area (Å²) in [7, 11) is 5.45. The van der Waals surface area contributed by atoms with Gasteiger partial charge in [0.05, 0.1) is 0 Å². The van der Waals surface area contributed by atoms with E-state index in [0.29, 0.717) is 17.8 Å². The van der Waals surface area contributed by atoms with Gasteiger partial charge in [0.2, 0.25) is 23.8 Å². The second-order valence-corrected chi connectivity index (χ2v) is 4.56. The lowest BCUT2D eigenvalue weighted by atomic mass is 10.1. The molecular formula is C11H19N7O. The Kier molecular flexibility index (Phi) is 3.98. The Balaban J connectivity index is 2.18. The summed E-state index contributed by atoms with van der Waals surface area (Å²) in [5.74, 6) is 1.41. The zero-order chi connectivity index (χ0) is 13.8. The zero-order valence-electron chi connectivity index (χ0n) is 11.4. The van der Waals surface area contributed by atoms with Crippen molar-refractivity contribution in [2.45, 2.75) is 18.9 Å². The van der Waals surface area contributed by atoms with Crippen molar-refractivity contribution in [3.8, 4) is 0 Å². The van der Waals surface area contributed by atoms with Crippen LogP contribution in [-0.2, 0) is 4.79 Å². The Bertz CT molecular complexity index is 462. The van der Waals surface area contributed by atoms with Gasteiger partial charge in [-0.05, 0) is 12.8 Å². The van der Waals surface area contributed by atoms with Gasteiger partial charge >= 0.3 is 0 Å². The summed E-state index contributed by atoms with van der Waals surface area (Å²) < 4.78 is 0. The minimum absolute atomic E-state index is 0.0101. The third kappa shape index (κ3) is 3.21. The van der Waals surface area contributed by atoms with Gasteiger partial charge in [0, 0.05) is 27.7 Å².